The Balaban J connectivity index is 0.00000144. The third-order valence-electron chi connectivity index (χ3n) is 1.56. The van der Waals surface area contributed by atoms with E-state index in [1.165, 1.54) is 0 Å². The van der Waals surface area contributed by atoms with Gasteiger partial charge in [-0.05, 0) is 11.6 Å². The lowest BCUT2D eigenvalue weighted by molar-refractivity contribution is 0.761. The molecule has 0 fully saturated rings. The van der Waals surface area contributed by atoms with Crippen LogP contribution in [-0.4, -0.2) is 6.54 Å². The first-order valence-electron chi connectivity index (χ1n) is 3.89. The number of nitrogens with one attached hydrogen (secondary N) is 1. The Morgan fingerprint density at radius 1 is 1.38 bits per heavy atom. The summed E-state index contributed by atoms with van der Waals surface area (Å²) in [6.45, 7) is 5.23. The molecule has 1 rings (SSSR count). The molecule has 0 saturated heterocycles. The molecular weight excluding hydrogens is 205 g/mol. The van der Waals surface area contributed by atoms with Gasteiger partial charge in [0, 0.05) is 18.1 Å². The average molecular weight is 218 g/mol. The van der Waals surface area contributed by atoms with Crippen LogP contribution in [0.2, 0.25) is 5.02 Å². The quantitative estimate of drug-likeness (QED) is 0.605. The summed E-state index contributed by atoms with van der Waals surface area (Å²) in [6.07, 6.45) is 1.83. The van der Waals surface area contributed by atoms with E-state index in [2.05, 4.69) is 11.9 Å². The minimum absolute atomic E-state index is 0. The van der Waals surface area contributed by atoms with Crippen LogP contribution in [0, 0.1) is 0 Å². The van der Waals surface area contributed by atoms with Crippen LogP contribution < -0.4 is 5.32 Å². The molecule has 0 aliphatic rings. The van der Waals surface area contributed by atoms with Crippen molar-refractivity contribution in [3.05, 3.63) is 47.5 Å². The van der Waals surface area contributed by atoms with Gasteiger partial charge in [-0.25, -0.2) is 0 Å². The van der Waals surface area contributed by atoms with Gasteiger partial charge in [0.1, 0.15) is 0 Å². The van der Waals surface area contributed by atoms with Gasteiger partial charge in [-0.15, -0.1) is 19.0 Å². The maximum Gasteiger partial charge on any atom is 0.0450 e. The van der Waals surface area contributed by atoms with Crippen molar-refractivity contribution < 1.29 is 0 Å². The van der Waals surface area contributed by atoms with E-state index in [4.69, 9.17) is 11.6 Å². The van der Waals surface area contributed by atoms with Crippen molar-refractivity contribution in [1.29, 1.82) is 0 Å². The van der Waals surface area contributed by atoms with Crippen LogP contribution in [0.4, 0.5) is 0 Å². The van der Waals surface area contributed by atoms with Crippen molar-refractivity contribution in [3.8, 4) is 0 Å². The van der Waals surface area contributed by atoms with Crippen LogP contribution >= 0.6 is 24.0 Å². The van der Waals surface area contributed by atoms with E-state index in [1.807, 2.05) is 30.3 Å². The Labute approximate surface area is 90.2 Å². The number of halogens is 2. The highest BCUT2D eigenvalue weighted by Gasteiger charge is 1.95. The summed E-state index contributed by atoms with van der Waals surface area (Å²) < 4.78 is 0. The normalized spacial score (nSPS) is 9.00. The maximum atomic E-state index is 5.94. The molecule has 0 amide bonds. The van der Waals surface area contributed by atoms with Gasteiger partial charge in [0.15, 0.2) is 0 Å². The Kier molecular flexibility index (Phi) is 6.69. The Morgan fingerprint density at radius 3 is 2.69 bits per heavy atom. The largest absolute Gasteiger partial charge is 0.309 e. The molecule has 0 aliphatic heterocycles. The lowest BCUT2D eigenvalue weighted by Gasteiger charge is -2.03. The maximum absolute atomic E-state index is 5.94. The summed E-state index contributed by atoms with van der Waals surface area (Å²) in [5.74, 6) is 0. The monoisotopic (exact) mass is 217 g/mol. The predicted molar refractivity (Wildman–Crippen MR) is 60.6 cm³/mol. The van der Waals surface area contributed by atoms with Crippen molar-refractivity contribution in [2.45, 2.75) is 6.54 Å². The van der Waals surface area contributed by atoms with Gasteiger partial charge >= 0.3 is 0 Å². The summed E-state index contributed by atoms with van der Waals surface area (Å²) in [5.41, 5.74) is 1.13. The Hall–Kier alpha value is -0.500. The van der Waals surface area contributed by atoms with Gasteiger partial charge in [0.2, 0.25) is 0 Å². The standard InChI is InChI=1S/C10H12ClN.ClH/c1-2-7-12-8-9-5-3-4-6-10(9)11;/h2-6,12H,1,7-8H2;1H. The van der Waals surface area contributed by atoms with E-state index >= 15 is 0 Å². The minimum atomic E-state index is 0. The summed E-state index contributed by atoms with van der Waals surface area (Å²) in [7, 11) is 0. The molecule has 0 heterocycles. The number of hydrogen-bond donors (Lipinski definition) is 1. The predicted octanol–water partition coefficient (Wildman–Crippen LogP) is 3.04. The van der Waals surface area contributed by atoms with Gasteiger partial charge in [0.05, 0.1) is 0 Å². The molecule has 1 aromatic rings. The van der Waals surface area contributed by atoms with E-state index in [0.717, 1.165) is 23.7 Å². The second-order valence-corrected chi connectivity index (χ2v) is 2.92. The fourth-order valence-electron chi connectivity index (χ4n) is 0.951. The molecule has 1 N–H and O–H groups in total. The topological polar surface area (TPSA) is 12.0 Å². The lowest BCUT2D eigenvalue weighted by Crippen LogP contribution is -2.12. The molecule has 0 aliphatic carbocycles. The van der Waals surface area contributed by atoms with E-state index in [-0.39, 0.29) is 12.4 Å². The van der Waals surface area contributed by atoms with Crippen molar-refractivity contribution in [2.24, 2.45) is 0 Å². The molecular formula is C10H13Cl2N. The molecule has 1 nitrogen and oxygen atoms in total. The highest BCUT2D eigenvalue weighted by molar-refractivity contribution is 6.31. The first-order chi connectivity index (χ1) is 5.84. The molecule has 0 radical (unpaired) electrons. The van der Waals surface area contributed by atoms with E-state index < -0.39 is 0 Å². The van der Waals surface area contributed by atoms with Crippen LogP contribution in [-0.2, 0) is 6.54 Å². The zero-order valence-corrected chi connectivity index (χ0v) is 8.87. The Bertz CT molecular complexity index is 261. The number of benzene rings is 1. The molecule has 3 heteroatoms. The van der Waals surface area contributed by atoms with Crippen molar-refractivity contribution in [2.75, 3.05) is 6.54 Å². The van der Waals surface area contributed by atoms with Crippen LogP contribution in [0.25, 0.3) is 0 Å². The van der Waals surface area contributed by atoms with E-state index in [9.17, 15) is 0 Å². The summed E-state index contributed by atoms with van der Waals surface area (Å²) in [4.78, 5) is 0. The fourth-order valence-corrected chi connectivity index (χ4v) is 1.15. The number of hydrogen-bond acceptors (Lipinski definition) is 1. The van der Waals surface area contributed by atoms with Crippen LogP contribution in [0.1, 0.15) is 5.56 Å². The first kappa shape index (κ1) is 12.5. The number of rotatable bonds is 4. The van der Waals surface area contributed by atoms with Gasteiger partial charge in [-0.3, -0.25) is 0 Å². The molecule has 13 heavy (non-hydrogen) atoms. The average Bonchev–Trinajstić information content (AvgIpc) is 2.09. The summed E-state index contributed by atoms with van der Waals surface area (Å²) >= 11 is 5.94. The van der Waals surface area contributed by atoms with Gasteiger partial charge < -0.3 is 5.32 Å². The van der Waals surface area contributed by atoms with E-state index in [1.54, 1.807) is 0 Å². The lowest BCUT2D eigenvalue weighted by atomic mass is 10.2. The zero-order chi connectivity index (χ0) is 8.81. The van der Waals surface area contributed by atoms with Gasteiger partial charge in [0.25, 0.3) is 0 Å². The molecule has 0 spiro atoms. The molecule has 0 atom stereocenters. The highest BCUT2D eigenvalue weighted by Crippen LogP contribution is 2.13. The molecule has 0 aromatic heterocycles. The molecule has 1 aromatic carbocycles. The Morgan fingerprint density at radius 2 is 2.08 bits per heavy atom. The molecule has 72 valence electrons. The minimum Gasteiger partial charge on any atom is -0.309 e. The highest BCUT2D eigenvalue weighted by atomic mass is 35.5. The first-order valence-corrected chi connectivity index (χ1v) is 4.27. The van der Waals surface area contributed by atoms with Crippen molar-refractivity contribution in [1.82, 2.24) is 5.32 Å². The van der Waals surface area contributed by atoms with Gasteiger partial charge in [-0.1, -0.05) is 35.9 Å². The molecule has 0 unspecified atom stereocenters. The van der Waals surface area contributed by atoms with Crippen LogP contribution in [0.3, 0.4) is 0 Å². The third kappa shape index (κ3) is 4.32. The van der Waals surface area contributed by atoms with Crippen LogP contribution in [0.5, 0.6) is 0 Å². The van der Waals surface area contributed by atoms with Gasteiger partial charge in [-0.2, -0.15) is 0 Å². The smallest absolute Gasteiger partial charge is 0.0450 e. The van der Waals surface area contributed by atoms with Crippen molar-refractivity contribution >= 4 is 24.0 Å². The molecule has 0 saturated carbocycles. The SMILES string of the molecule is C=CCNCc1ccccc1Cl.Cl. The zero-order valence-electron chi connectivity index (χ0n) is 7.29. The summed E-state index contributed by atoms with van der Waals surface area (Å²) in [5, 5.41) is 4.00. The summed E-state index contributed by atoms with van der Waals surface area (Å²) in [6, 6.07) is 7.82. The van der Waals surface area contributed by atoms with Crippen LogP contribution in [0.15, 0.2) is 36.9 Å². The second-order valence-electron chi connectivity index (χ2n) is 2.51. The third-order valence-corrected chi connectivity index (χ3v) is 1.93. The van der Waals surface area contributed by atoms with Crippen molar-refractivity contribution in [3.63, 3.8) is 0 Å². The van der Waals surface area contributed by atoms with E-state index in [0.29, 0.717) is 0 Å². The second kappa shape index (κ2) is 6.96. The fraction of sp³-hybridized carbons (Fsp3) is 0.200. The molecule has 0 bridgehead atoms.